The largest absolute Gasteiger partial charge is 0.496 e. The summed E-state index contributed by atoms with van der Waals surface area (Å²) in [6, 6.07) is 13.7. The molecule has 5 nitrogen and oxygen atoms in total. The summed E-state index contributed by atoms with van der Waals surface area (Å²) in [5.74, 6) is 1.70. The smallest absolute Gasteiger partial charge is 0.209 e. The third-order valence-electron chi connectivity index (χ3n) is 5.80. The van der Waals surface area contributed by atoms with E-state index in [1.807, 2.05) is 42.5 Å². The second-order valence-electron chi connectivity index (χ2n) is 8.54. The summed E-state index contributed by atoms with van der Waals surface area (Å²) < 4.78 is 8.79. The first-order chi connectivity index (χ1) is 13.9. The van der Waals surface area contributed by atoms with Gasteiger partial charge in [0.15, 0.2) is 5.78 Å². The Hall–Kier alpha value is -2.60. The van der Waals surface area contributed by atoms with E-state index in [9.17, 15) is 4.79 Å². The van der Waals surface area contributed by atoms with Gasteiger partial charge in [-0.25, -0.2) is 4.98 Å². The topological polar surface area (TPSA) is 56.1 Å². The Morgan fingerprint density at radius 2 is 2.00 bits per heavy atom. The highest BCUT2D eigenvalue weighted by Crippen LogP contribution is 2.48. The third kappa shape index (κ3) is 2.89. The molecule has 0 saturated heterocycles. The van der Waals surface area contributed by atoms with E-state index in [1.54, 1.807) is 7.11 Å². The molecule has 29 heavy (non-hydrogen) atoms. The van der Waals surface area contributed by atoms with E-state index in [0.717, 1.165) is 50.5 Å². The molecular weight excluding hydrogens is 430 g/mol. The van der Waals surface area contributed by atoms with Crippen LogP contribution in [0, 0.1) is 5.41 Å². The van der Waals surface area contributed by atoms with Crippen molar-refractivity contribution in [2.24, 2.45) is 5.41 Å². The van der Waals surface area contributed by atoms with E-state index in [-0.39, 0.29) is 17.2 Å². The van der Waals surface area contributed by atoms with Gasteiger partial charge in [0.25, 0.3) is 0 Å². The van der Waals surface area contributed by atoms with Crippen molar-refractivity contribution in [1.82, 2.24) is 9.55 Å². The predicted molar refractivity (Wildman–Crippen MR) is 117 cm³/mol. The Labute approximate surface area is 177 Å². The molecule has 148 valence electrons. The van der Waals surface area contributed by atoms with Crippen LogP contribution in [0.4, 0.5) is 5.95 Å². The molecule has 1 atom stereocenters. The lowest BCUT2D eigenvalue weighted by Gasteiger charge is -2.39. The summed E-state index contributed by atoms with van der Waals surface area (Å²) in [7, 11) is 1.67. The number of halogens is 1. The van der Waals surface area contributed by atoms with Crippen LogP contribution in [0.15, 0.2) is 58.2 Å². The average Bonchev–Trinajstić information content (AvgIpc) is 3.03. The molecule has 2 aliphatic rings. The second kappa shape index (κ2) is 6.46. The maximum Gasteiger partial charge on any atom is 0.209 e. The molecule has 1 aliphatic heterocycles. The highest BCUT2D eigenvalue weighted by atomic mass is 79.9. The lowest BCUT2D eigenvalue weighted by atomic mass is 9.73. The fourth-order valence-corrected chi connectivity index (χ4v) is 5.01. The molecule has 1 N–H and O–H groups in total. The number of hydrogen-bond acceptors (Lipinski definition) is 4. The van der Waals surface area contributed by atoms with Gasteiger partial charge in [-0.3, -0.25) is 9.36 Å². The number of para-hydroxylation sites is 2. The molecule has 0 radical (unpaired) electrons. The Balaban J connectivity index is 1.83. The summed E-state index contributed by atoms with van der Waals surface area (Å²) in [6.07, 6.45) is 1.34. The number of rotatable bonds is 2. The monoisotopic (exact) mass is 451 g/mol. The van der Waals surface area contributed by atoms with Gasteiger partial charge < -0.3 is 10.1 Å². The van der Waals surface area contributed by atoms with Gasteiger partial charge in [0.1, 0.15) is 5.75 Å². The van der Waals surface area contributed by atoms with E-state index in [2.05, 4.69) is 39.7 Å². The molecule has 2 aromatic carbocycles. The van der Waals surface area contributed by atoms with Gasteiger partial charge in [0.05, 0.1) is 24.2 Å². The summed E-state index contributed by atoms with van der Waals surface area (Å²) >= 11 is 3.60. The van der Waals surface area contributed by atoms with Gasteiger partial charge in [-0.15, -0.1) is 0 Å². The number of imidazole rings is 1. The van der Waals surface area contributed by atoms with E-state index in [4.69, 9.17) is 9.72 Å². The number of carbonyl (C=O) groups excluding carboxylic acids is 1. The zero-order valence-corrected chi connectivity index (χ0v) is 18.2. The van der Waals surface area contributed by atoms with Gasteiger partial charge in [-0.2, -0.15) is 0 Å². The molecule has 0 fully saturated rings. The van der Waals surface area contributed by atoms with Crippen molar-refractivity contribution < 1.29 is 9.53 Å². The number of nitrogens with one attached hydrogen (secondary N) is 1. The lowest BCUT2D eigenvalue weighted by molar-refractivity contribution is -0.118. The van der Waals surface area contributed by atoms with Crippen molar-refractivity contribution >= 4 is 38.7 Å². The van der Waals surface area contributed by atoms with Crippen molar-refractivity contribution in [2.45, 2.75) is 32.7 Å². The molecular formula is C23H22BrN3O2. The van der Waals surface area contributed by atoms with Crippen LogP contribution in [0.25, 0.3) is 11.0 Å². The molecule has 1 aromatic heterocycles. The standard InChI is InChI=1S/C23H22BrN3O2/c1-23(2)11-16-20(18(28)12-23)21(14-10-13(24)8-9-19(14)29-3)27-17-7-5-4-6-15(17)25-22(27)26-16/h4-10,21H,11-12H2,1-3H3,(H,25,26)/t21-/m1/s1. The molecule has 0 saturated carbocycles. The number of methoxy groups -OCH3 is 1. The number of allylic oxidation sites excluding steroid dienone is 2. The minimum atomic E-state index is -0.287. The van der Waals surface area contributed by atoms with Gasteiger partial charge in [-0.1, -0.05) is 41.9 Å². The number of Topliss-reactive ketones (excluding diaryl/α,β-unsaturated/α-hetero) is 1. The number of hydrogen-bond donors (Lipinski definition) is 1. The Bertz CT molecular complexity index is 1190. The van der Waals surface area contributed by atoms with Crippen molar-refractivity contribution in [3.8, 4) is 5.75 Å². The number of carbonyl (C=O) groups is 1. The van der Waals surface area contributed by atoms with Gasteiger partial charge in [-0.05, 0) is 42.2 Å². The number of benzene rings is 2. The number of ether oxygens (including phenoxy) is 1. The highest BCUT2D eigenvalue weighted by Gasteiger charge is 2.42. The Kier molecular flexibility index (Phi) is 4.10. The highest BCUT2D eigenvalue weighted by molar-refractivity contribution is 9.10. The van der Waals surface area contributed by atoms with Gasteiger partial charge in [0.2, 0.25) is 5.95 Å². The van der Waals surface area contributed by atoms with Crippen molar-refractivity contribution in [1.29, 1.82) is 0 Å². The normalized spacial score (nSPS) is 20.3. The fraction of sp³-hybridized carbons (Fsp3) is 0.304. The molecule has 1 aliphatic carbocycles. The molecule has 2 heterocycles. The number of fused-ring (bicyclic) bond motifs is 3. The zero-order chi connectivity index (χ0) is 20.3. The first-order valence-corrected chi connectivity index (χ1v) is 10.5. The first kappa shape index (κ1) is 18.4. The van der Waals surface area contributed by atoms with Crippen LogP contribution in [0.2, 0.25) is 0 Å². The van der Waals surface area contributed by atoms with Crippen molar-refractivity contribution in [2.75, 3.05) is 12.4 Å². The first-order valence-electron chi connectivity index (χ1n) is 9.72. The number of aromatic nitrogens is 2. The molecule has 5 rings (SSSR count). The number of anilines is 1. The second-order valence-corrected chi connectivity index (χ2v) is 9.46. The summed E-state index contributed by atoms with van der Waals surface area (Å²) in [4.78, 5) is 18.2. The summed E-state index contributed by atoms with van der Waals surface area (Å²) in [5.41, 5.74) is 4.56. The minimum Gasteiger partial charge on any atom is -0.496 e. The maximum atomic E-state index is 13.4. The van der Waals surface area contributed by atoms with Gasteiger partial charge in [0, 0.05) is 27.7 Å². The lowest BCUT2D eigenvalue weighted by Crippen LogP contribution is -2.36. The Morgan fingerprint density at radius 1 is 1.21 bits per heavy atom. The van der Waals surface area contributed by atoms with Gasteiger partial charge >= 0.3 is 0 Å². The van der Waals surface area contributed by atoms with Crippen LogP contribution < -0.4 is 10.1 Å². The predicted octanol–water partition coefficient (Wildman–Crippen LogP) is 5.47. The molecule has 0 unspecified atom stereocenters. The molecule has 0 spiro atoms. The maximum absolute atomic E-state index is 13.4. The van der Waals surface area contributed by atoms with E-state index in [1.165, 1.54) is 0 Å². The average molecular weight is 452 g/mol. The molecule has 6 heteroatoms. The van der Waals surface area contributed by atoms with Crippen LogP contribution in [-0.4, -0.2) is 22.4 Å². The minimum absolute atomic E-state index is 0.0803. The van der Waals surface area contributed by atoms with Crippen LogP contribution in [0.5, 0.6) is 5.75 Å². The molecule has 0 bridgehead atoms. The summed E-state index contributed by atoms with van der Waals surface area (Å²) in [5, 5.41) is 3.48. The van der Waals surface area contributed by atoms with E-state index in [0.29, 0.717) is 6.42 Å². The summed E-state index contributed by atoms with van der Waals surface area (Å²) in [6.45, 7) is 4.28. The van der Waals surface area contributed by atoms with E-state index >= 15 is 0 Å². The van der Waals surface area contributed by atoms with Crippen LogP contribution in [0.1, 0.15) is 38.3 Å². The quantitative estimate of drug-likeness (QED) is 0.561. The van der Waals surface area contributed by atoms with Crippen molar-refractivity contribution in [3.63, 3.8) is 0 Å². The van der Waals surface area contributed by atoms with Crippen LogP contribution in [-0.2, 0) is 4.79 Å². The van der Waals surface area contributed by atoms with Crippen LogP contribution in [0.3, 0.4) is 0 Å². The van der Waals surface area contributed by atoms with E-state index < -0.39 is 0 Å². The fourth-order valence-electron chi connectivity index (χ4n) is 4.64. The zero-order valence-electron chi connectivity index (χ0n) is 16.6. The number of ketones is 1. The van der Waals surface area contributed by atoms with Crippen LogP contribution >= 0.6 is 15.9 Å². The number of nitrogens with zero attached hydrogens (tertiary/aromatic N) is 2. The Morgan fingerprint density at radius 3 is 2.79 bits per heavy atom. The SMILES string of the molecule is COc1ccc(Br)cc1[C@@H]1C2=C(CC(C)(C)CC2=O)Nc2nc3ccccc3n21. The molecule has 0 amide bonds. The van der Waals surface area contributed by atoms with Crippen molar-refractivity contribution in [3.05, 3.63) is 63.8 Å². The third-order valence-corrected chi connectivity index (χ3v) is 6.29. The molecule has 3 aromatic rings.